The molecule has 1 heterocycles. The summed E-state index contributed by atoms with van der Waals surface area (Å²) in [5.74, 6) is 0. The summed E-state index contributed by atoms with van der Waals surface area (Å²) in [6.45, 7) is 4.05. The predicted octanol–water partition coefficient (Wildman–Crippen LogP) is 4.01. The van der Waals surface area contributed by atoms with Crippen LogP contribution in [0.15, 0.2) is 53.3 Å². The fourth-order valence-electron chi connectivity index (χ4n) is 2.46. The van der Waals surface area contributed by atoms with Gasteiger partial charge in [-0.25, -0.2) is 4.79 Å². The third-order valence-corrected chi connectivity index (χ3v) is 4.64. The number of ether oxygens (including phenoxy) is 1. The fourth-order valence-corrected chi connectivity index (χ4v) is 3.56. The molecule has 0 bridgehead atoms. The molecule has 0 fully saturated rings. The summed E-state index contributed by atoms with van der Waals surface area (Å²) < 4.78 is 7.90. The van der Waals surface area contributed by atoms with Crippen LogP contribution in [0.4, 0.5) is 10.5 Å². The van der Waals surface area contributed by atoms with Crippen molar-refractivity contribution in [3.05, 3.63) is 64.4 Å². The van der Waals surface area contributed by atoms with Crippen LogP contribution in [0.2, 0.25) is 0 Å². The summed E-state index contributed by atoms with van der Waals surface area (Å²) in [6, 6.07) is 14.9. The van der Waals surface area contributed by atoms with E-state index >= 15 is 0 Å². The van der Waals surface area contributed by atoms with Gasteiger partial charge in [0.05, 0.1) is 16.6 Å². The molecular formula is C18H18N2O3S. The number of hydrogen-bond acceptors (Lipinski definition) is 4. The number of amides is 1. The first kappa shape index (κ1) is 16.3. The van der Waals surface area contributed by atoms with Crippen molar-refractivity contribution in [1.82, 2.24) is 3.96 Å². The summed E-state index contributed by atoms with van der Waals surface area (Å²) in [5, 5.41) is 3.39. The Morgan fingerprint density at radius 3 is 2.79 bits per heavy atom. The Labute approximate surface area is 143 Å². The average molecular weight is 342 g/mol. The van der Waals surface area contributed by atoms with E-state index in [0.29, 0.717) is 17.6 Å². The number of benzene rings is 2. The summed E-state index contributed by atoms with van der Waals surface area (Å²) in [4.78, 5) is 24.3. The number of aryl methyl sites for hydroxylation is 1. The summed E-state index contributed by atoms with van der Waals surface area (Å²) in [7, 11) is 0. The molecule has 0 aliphatic rings. The highest BCUT2D eigenvalue weighted by atomic mass is 32.1. The first-order chi connectivity index (χ1) is 11.5. The van der Waals surface area contributed by atoms with Gasteiger partial charge in [0.2, 0.25) is 0 Å². The van der Waals surface area contributed by atoms with Crippen molar-refractivity contribution in [2.24, 2.45) is 0 Å². The van der Waals surface area contributed by atoms with E-state index in [1.165, 1.54) is 11.5 Å². The van der Waals surface area contributed by atoms with Crippen LogP contribution in [-0.2, 0) is 11.3 Å². The monoisotopic (exact) mass is 342 g/mol. The highest BCUT2D eigenvalue weighted by Crippen LogP contribution is 2.16. The minimum absolute atomic E-state index is 0.0508. The molecule has 3 aromatic rings. The Morgan fingerprint density at radius 2 is 2.04 bits per heavy atom. The average Bonchev–Trinajstić information content (AvgIpc) is 2.83. The first-order valence-corrected chi connectivity index (χ1v) is 8.43. The van der Waals surface area contributed by atoms with Gasteiger partial charge in [0.1, 0.15) is 6.10 Å². The molecule has 0 saturated heterocycles. The highest BCUT2D eigenvalue weighted by molar-refractivity contribution is 7.13. The van der Waals surface area contributed by atoms with Crippen LogP contribution in [0.5, 0.6) is 0 Å². The largest absolute Gasteiger partial charge is 0.444 e. The molecule has 0 saturated carbocycles. The van der Waals surface area contributed by atoms with E-state index < -0.39 is 12.2 Å². The Bertz CT molecular complexity index is 929. The molecule has 1 atom stereocenters. The molecule has 1 N–H and O–H groups in total. The zero-order valence-corrected chi connectivity index (χ0v) is 14.3. The van der Waals surface area contributed by atoms with Crippen LogP contribution >= 0.6 is 11.5 Å². The molecule has 1 unspecified atom stereocenters. The van der Waals surface area contributed by atoms with Crippen molar-refractivity contribution in [2.75, 3.05) is 5.32 Å². The number of nitrogens with zero attached hydrogens (tertiary/aromatic N) is 1. The number of anilines is 1. The molecule has 2 aromatic carbocycles. The minimum atomic E-state index is -0.526. The van der Waals surface area contributed by atoms with Gasteiger partial charge in [0.25, 0.3) is 5.56 Å². The van der Waals surface area contributed by atoms with E-state index in [4.69, 9.17) is 4.74 Å². The lowest BCUT2D eigenvalue weighted by molar-refractivity contribution is 0.112. The maximum Gasteiger partial charge on any atom is 0.411 e. The quantitative estimate of drug-likeness (QED) is 0.779. The van der Waals surface area contributed by atoms with Crippen LogP contribution in [-0.4, -0.2) is 16.2 Å². The highest BCUT2D eigenvalue weighted by Gasteiger charge is 2.14. The number of nitrogens with one attached hydrogen (secondary N) is 1. The molecule has 6 heteroatoms. The second-order valence-electron chi connectivity index (χ2n) is 5.66. The van der Waals surface area contributed by atoms with E-state index in [0.717, 1.165) is 10.3 Å². The third kappa shape index (κ3) is 3.65. The van der Waals surface area contributed by atoms with Gasteiger partial charge >= 0.3 is 6.09 Å². The van der Waals surface area contributed by atoms with Gasteiger partial charge in [-0.2, -0.15) is 0 Å². The molecule has 0 aliphatic heterocycles. The zero-order chi connectivity index (χ0) is 17.1. The van der Waals surface area contributed by atoms with Crippen LogP contribution in [0.3, 0.4) is 0 Å². The lowest BCUT2D eigenvalue weighted by Crippen LogP contribution is -2.26. The van der Waals surface area contributed by atoms with Gasteiger partial charge in [-0.3, -0.25) is 14.1 Å². The molecular weight excluding hydrogens is 324 g/mol. The molecule has 24 heavy (non-hydrogen) atoms. The fraction of sp³-hybridized carbons (Fsp3) is 0.222. The van der Waals surface area contributed by atoms with Gasteiger partial charge in [-0.15, -0.1) is 0 Å². The molecule has 3 rings (SSSR count). The Balaban J connectivity index is 1.64. The van der Waals surface area contributed by atoms with Crippen LogP contribution in [0.25, 0.3) is 10.1 Å². The molecule has 0 radical (unpaired) electrons. The standard InChI is InChI=1S/C18H18N2O3S/c1-12-6-5-7-14(10-12)19-18(22)23-13(2)11-20-17(21)15-8-3-4-9-16(15)24-20/h3-10,13H,11H2,1-2H3,(H,19,22). The van der Waals surface area contributed by atoms with E-state index in [2.05, 4.69) is 5.32 Å². The van der Waals surface area contributed by atoms with Gasteiger partial charge < -0.3 is 4.74 Å². The first-order valence-electron chi connectivity index (χ1n) is 7.66. The molecule has 5 nitrogen and oxygen atoms in total. The maximum atomic E-state index is 12.3. The second-order valence-corrected chi connectivity index (χ2v) is 6.73. The third-order valence-electron chi connectivity index (χ3n) is 3.55. The zero-order valence-electron chi connectivity index (χ0n) is 13.5. The lowest BCUT2D eigenvalue weighted by Gasteiger charge is -2.14. The number of rotatable bonds is 4. The number of carbonyl (C=O) groups is 1. The Kier molecular flexibility index (Phi) is 4.66. The Morgan fingerprint density at radius 1 is 1.25 bits per heavy atom. The van der Waals surface area contributed by atoms with Crippen molar-refractivity contribution in [2.45, 2.75) is 26.5 Å². The van der Waals surface area contributed by atoms with E-state index in [1.807, 2.05) is 43.3 Å². The van der Waals surface area contributed by atoms with Crippen molar-refractivity contribution >= 4 is 33.4 Å². The summed E-state index contributed by atoms with van der Waals surface area (Å²) in [5.41, 5.74) is 1.69. The van der Waals surface area contributed by atoms with E-state index in [1.54, 1.807) is 23.0 Å². The van der Waals surface area contributed by atoms with Gasteiger partial charge in [-0.05, 0) is 43.7 Å². The minimum Gasteiger partial charge on any atom is -0.444 e. The van der Waals surface area contributed by atoms with Crippen LogP contribution in [0, 0.1) is 6.92 Å². The molecule has 0 aliphatic carbocycles. The van der Waals surface area contributed by atoms with Gasteiger partial charge in [0.15, 0.2) is 0 Å². The number of carbonyl (C=O) groups excluding carboxylic acids is 1. The molecule has 124 valence electrons. The van der Waals surface area contributed by atoms with Crippen molar-refractivity contribution in [3.63, 3.8) is 0 Å². The topological polar surface area (TPSA) is 60.3 Å². The van der Waals surface area contributed by atoms with Crippen molar-refractivity contribution in [3.8, 4) is 0 Å². The number of aromatic nitrogens is 1. The van der Waals surface area contributed by atoms with Crippen molar-refractivity contribution in [1.29, 1.82) is 0 Å². The normalized spacial score (nSPS) is 12.1. The SMILES string of the molecule is Cc1cccc(NC(=O)OC(C)Cn2sc3ccccc3c2=O)c1. The number of fused-ring (bicyclic) bond motifs is 1. The Hall–Kier alpha value is -2.60. The smallest absolute Gasteiger partial charge is 0.411 e. The summed E-state index contributed by atoms with van der Waals surface area (Å²) >= 11 is 1.38. The van der Waals surface area contributed by atoms with E-state index in [-0.39, 0.29) is 5.56 Å². The lowest BCUT2D eigenvalue weighted by atomic mass is 10.2. The molecule has 0 spiro atoms. The second kappa shape index (κ2) is 6.88. The number of hydrogen-bond donors (Lipinski definition) is 1. The van der Waals surface area contributed by atoms with Gasteiger partial charge in [-0.1, -0.05) is 35.8 Å². The van der Waals surface area contributed by atoms with Gasteiger partial charge in [0, 0.05) is 5.69 Å². The predicted molar refractivity (Wildman–Crippen MR) is 96.8 cm³/mol. The molecule has 1 amide bonds. The van der Waals surface area contributed by atoms with Crippen molar-refractivity contribution < 1.29 is 9.53 Å². The maximum absolute atomic E-state index is 12.3. The van der Waals surface area contributed by atoms with E-state index in [9.17, 15) is 9.59 Å². The molecule has 1 aromatic heterocycles. The van der Waals surface area contributed by atoms with Crippen LogP contribution in [0.1, 0.15) is 12.5 Å². The summed E-state index contributed by atoms with van der Waals surface area (Å²) in [6.07, 6.45) is -0.942. The van der Waals surface area contributed by atoms with Crippen LogP contribution < -0.4 is 10.9 Å².